The fourth-order valence-corrected chi connectivity index (χ4v) is 2.90. The minimum Gasteiger partial charge on any atom is -0.354 e. The fraction of sp³-hybridized carbons (Fsp3) is 0.533. The van der Waals surface area contributed by atoms with E-state index < -0.39 is 0 Å². The predicted molar refractivity (Wildman–Crippen MR) is 75.5 cm³/mol. The van der Waals surface area contributed by atoms with E-state index in [-0.39, 0.29) is 0 Å². The van der Waals surface area contributed by atoms with Gasteiger partial charge < -0.3 is 10.6 Å². The van der Waals surface area contributed by atoms with Crippen LogP contribution < -0.4 is 10.6 Å². The van der Waals surface area contributed by atoms with Crippen molar-refractivity contribution in [2.45, 2.75) is 33.1 Å². The zero-order chi connectivity index (χ0) is 12.5. The van der Waals surface area contributed by atoms with Gasteiger partial charge in [-0.05, 0) is 48.8 Å². The van der Waals surface area contributed by atoms with Crippen LogP contribution in [0.4, 0.5) is 5.69 Å². The summed E-state index contributed by atoms with van der Waals surface area (Å²) in [7, 11) is 0. The molecule has 3 nitrogen and oxygen atoms in total. The molecule has 1 heterocycles. The van der Waals surface area contributed by atoms with E-state index in [1.165, 1.54) is 41.6 Å². The predicted octanol–water partition coefficient (Wildman–Crippen LogP) is 2.30. The molecule has 1 fully saturated rings. The second-order valence-corrected chi connectivity index (χ2v) is 5.53. The first-order valence-electron chi connectivity index (χ1n) is 6.92. The Hall–Kier alpha value is -1.51. The topological polar surface area (TPSA) is 36.4 Å². The molecule has 3 heteroatoms. The van der Waals surface area contributed by atoms with Crippen molar-refractivity contribution < 1.29 is 0 Å². The van der Waals surface area contributed by atoms with Gasteiger partial charge in [0, 0.05) is 13.1 Å². The number of fused-ring (bicyclic) bond motifs is 1. The van der Waals surface area contributed by atoms with E-state index >= 15 is 0 Å². The van der Waals surface area contributed by atoms with Crippen molar-refractivity contribution in [3.8, 4) is 0 Å². The van der Waals surface area contributed by atoms with E-state index in [0.29, 0.717) is 0 Å². The maximum Gasteiger partial charge on any atom is 0.196 e. The number of rotatable bonds is 1. The third kappa shape index (κ3) is 2.09. The quantitative estimate of drug-likeness (QED) is 0.794. The molecule has 1 saturated heterocycles. The third-order valence-corrected chi connectivity index (χ3v) is 3.97. The highest BCUT2D eigenvalue weighted by Crippen LogP contribution is 2.34. The maximum absolute atomic E-state index is 4.79. The summed E-state index contributed by atoms with van der Waals surface area (Å²) >= 11 is 0. The van der Waals surface area contributed by atoms with Gasteiger partial charge >= 0.3 is 0 Å². The highest BCUT2D eigenvalue weighted by molar-refractivity contribution is 5.85. The van der Waals surface area contributed by atoms with E-state index in [2.05, 4.69) is 36.6 Å². The Labute approximate surface area is 109 Å². The Morgan fingerprint density at radius 2 is 2.00 bits per heavy atom. The Balaban J connectivity index is 2.02. The first-order valence-corrected chi connectivity index (χ1v) is 6.92. The van der Waals surface area contributed by atoms with Crippen LogP contribution in [0.3, 0.4) is 0 Å². The number of aryl methyl sites for hydroxylation is 1. The van der Waals surface area contributed by atoms with Gasteiger partial charge in [-0.2, -0.15) is 0 Å². The lowest BCUT2D eigenvalue weighted by atomic mass is 9.83. The van der Waals surface area contributed by atoms with E-state index in [0.717, 1.165) is 25.0 Å². The van der Waals surface area contributed by atoms with Crippen LogP contribution in [0.1, 0.15) is 30.0 Å². The molecule has 0 bridgehead atoms. The number of guanidine groups is 1. The number of benzene rings is 1. The van der Waals surface area contributed by atoms with Crippen LogP contribution in [0, 0.1) is 12.8 Å². The van der Waals surface area contributed by atoms with Gasteiger partial charge in [-0.3, -0.25) is 0 Å². The van der Waals surface area contributed by atoms with Crippen molar-refractivity contribution in [1.29, 1.82) is 0 Å². The highest BCUT2D eigenvalue weighted by atomic mass is 15.2. The first-order chi connectivity index (χ1) is 8.74. The Kier molecular flexibility index (Phi) is 2.98. The van der Waals surface area contributed by atoms with E-state index in [1.54, 1.807) is 0 Å². The van der Waals surface area contributed by atoms with Crippen LogP contribution in [-0.2, 0) is 12.8 Å². The Bertz CT molecular complexity index is 483. The normalized spacial score (nSPS) is 22.1. The monoisotopic (exact) mass is 243 g/mol. The molecule has 0 saturated carbocycles. The SMILES string of the molecule is Cc1ccc2c(c1N=C1NCCN1)CCC(C)C2. The molecule has 18 heavy (non-hydrogen) atoms. The molecule has 0 spiro atoms. The molecular formula is C15H21N3. The summed E-state index contributed by atoms with van der Waals surface area (Å²) in [5.41, 5.74) is 5.44. The van der Waals surface area contributed by atoms with Gasteiger partial charge in [0.15, 0.2) is 5.96 Å². The minimum absolute atomic E-state index is 0.809. The number of nitrogens with zero attached hydrogens (tertiary/aromatic N) is 1. The second-order valence-electron chi connectivity index (χ2n) is 5.53. The van der Waals surface area contributed by atoms with Crippen molar-refractivity contribution in [2.75, 3.05) is 13.1 Å². The van der Waals surface area contributed by atoms with E-state index in [4.69, 9.17) is 4.99 Å². The van der Waals surface area contributed by atoms with Gasteiger partial charge in [0.25, 0.3) is 0 Å². The van der Waals surface area contributed by atoms with Gasteiger partial charge in [0.2, 0.25) is 0 Å². The number of hydrogen-bond donors (Lipinski definition) is 2. The third-order valence-electron chi connectivity index (χ3n) is 3.97. The van der Waals surface area contributed by atoms with Crippen molar-refractivity contribution in [1.82, 2.24) is 10.6 Å². The van der Waals surface area contributed by atoms with Crippen molar-refractivity contribution in [3.63, 3.8) is 0 Å². The lowest BCUT2D eigenvalue weighted by molar-refractivity contribution is 0.501. The van der Waals surface area contributed by atoms with E-state index in [1.807, 2.05) is 0 Å². The molecule has 3 rings (SSSR count). The molecular weight excluding hydrogens is 222 g/mol. The van der Waals surface area contributed by atoms with Crippen LogP contribution in [0.5, 0.6) is 0 Å². The molecule has 1 aromatic carbocycles. The lowest BCUT2D eigenvalue weighted by Crippen LogP contribution is -2.23. The van der Waals surface area contributed by atoms with Gasteiger partial charge in [-0.1, -0.05) is 19.1 Å². The summed E-state index contributed by atoms with van der Waals surface area (Å²) in [6, 6.07) is 4.50. The molecule has 0 amide bonds. The van der Waals surface area contributed by atoms with Crippen LogP contribution in [-0.4, -0.2) is 19.0 Å². The zero-order valence-corrected chi connectivity index (χ0v) is 11.2. The largest absolute Gasteiger partial charge is 0.354 e. The minimum atomic E-state index is 0.809. The average molecular weight is 243 g/mol. The molecule has 96 valence electrons. The smallest absolute Gasteiger partial charge is 0.196 e. The summed E-state index contributed by atoms with van der Waals surface area (Å²) in [4.78, 5) is 4.79. The zero-order valence-electron chi connectivity index (χ0n) is 11.2. The van der Waals surface area contributed by atoms with Gasteiger partial charge in [-0.15, -0.1) is 0 Å². The maximum atomic E-state index is 4.79. The van der Waals surface area contributed by atoms with Crippen LogP contribution in [0.25, 0.3) is 0 Å². The van der Waals surface area contributed by atoms with Crippen molar-refractivity contribution in [2.24, 2.45) is 10.9 Å². The molecule has 1 unspecified atom stereocenters. The van der Waals surface area contributed by atoms with Gasteiger partial charge in [-0.25, -0.2) is 4.99 Å². The van der Waals surface area contributed by atoms with Crippen LogP contribution in [0.15, 0.2) is 17.1 Å². The fourth-order valence-electron chi connectivity index (χ4n) is 2.90. The first kappa shape index (κ1) is 11.6. The Morgan fingerprint density at radius 1 is 1.22 bits per heavy atom. The summed E-state index contributed by atoms with van der Waals surface area (Å²) in [6.45, 7) is 6.45. The summed E-state index contributed by atoms with van der Waals surface area (Å²) < 4.78 is 0. The van der Waals surface area contributed by atoms with Crippen molar-refractivity contribution in [3.05, 3.63) is 28.8 Å². The Morgan fingerprint density at radius 3 is 2.78 bits per heavy atom. The molecule has 1 aliphatic heterocycles. The standard InChI is InChI=1S/C15H21N3/c1-10-3-6-13-12(9-10)5-4-11(2)14(13)18-15-16-7-8-17-15/h4-5,10H,3,6-9H2,1-2H3,(H2,16,17,18). The summed E-state index contributed by atoms with van der Waals surface area (Å²) in [6.07, 6.45) is 3.66. The van der Waals surface area contributed by atoms with Gasteiger partial charge in [0.05, 0.1) is 5.69 Å². The van der Waals surface area contributed by atoms with Crippen LogP contribution in [0.2, 0.25) is 0 Å². The number of aliphatic imine (C=N–C) groups is 1. The molecule has 0 aromatic heterocycles. The molecule has 1 aromatic rings. The summed E-state index contributed by atoms with van der Waals surface area (Å²) in [5, 5.41) is 6.57. The highest BCUT2D eigenvalue weighted by Gasteiger charge is 2.19. The molecule has 2 aliphatic rings. The molecule has 1 aliphatic carbocycles. The average Bonchev–Trinajstić information content (AvgIpc) is 2.86. The van der Waals surface area contributed by atoms with Crippen molar-refractivity contribution >= 4 is 11.6 Å². The molecule has 0 radical (unpaired) electrons. The van der Waals surface area contributed by atoms with Gasteiger partial charge in [0.1, 0.15) is 0 Å². The van der Waals surface area contributed by atoms with Crippen LogP contribution >= 0.6 is 0 Å². The number of hydrogen-bond acceptors (Lipinski definition) is 1. The number of nitrogens with one attached hydrogen (secondary N) is 2. The van der Waals surface area contributed by atoms with E-state index in [9.17, 15) is 0 Å². The summed E-state index contributed by atoms with van der Waals surface area (Å²) in [5.74, 6) is 1.74. The lowest BCUT2D eigenvalue weighted by Gasteiger charge is -2.23. The molecule has 1 atom stereocenters. The second kappa shape index (κ2) is 4.63. The molecule has 2 N–H and O–H groups in total.